The summed E-state index contributed by atoms with van der Waals surface area (Å²) in [5.74, 6) is 1.82. The SMILES string of the molecule is COc1ccc(N=Nc2c(-c3ccco3)nc3c(O)cccn23)cc1. The van der Waals surface area contributed by atoms with Crippen LogP contribution in [0.4, 0.5) is 11.5 Å². The van der Waals surface area contributed by atoms with Crippen molar-refractivity contribution in [3.8, 4) is 23.0 Å². The Morgan fingerprint density at radius 3 is 2.64 bits per heavy atom. The fraction of sp³-hybridized carbons (Fsp3) is 0.0556. The van der Waals surface area contributed by atoms with E-state index in [2.05, 4.69) is 15.2 Å². The summed E-state index contributed by atoms with van der Waals surface area (Å²) < 4.78 is 12.2. The molecule has 0 saturated carbocycles. The first-order chi connectivity index (χ1) is 12.3. The van der Waals surface area contributed by atoms with Crippen LogP contribution in [0.25, 0.3) is 17.1 Å². The maximum Gasteiger partial charge on any atom is 0.190 e. The normalized spacial score (nSPS) is 11.4. The number of rotatable bonds is 4. The van der Waals surface area contributed by atoms with Crippen molar-refractivity contribution in [1.82, 2.24) is 9.38 Å². The molecule has 0 spiro atoms. The zero-order valence-electron chi connectivity index (χ0n) is 13.3. The average molecular weight is 334 g/mol. The molecule has 4 aromatic rings. The molecular formula is C18H14N4O3. The van der Waals surface area contributed by atoms with Gasteiger partial charge in [-0.2, -0.15) is 0 Å². The smallest absolute Gasteiger partial charge is 0.190 e. The topological polar surface area (TPSA) is 84.6 Å². The third kappa shape index (κ3) is 2.72. The number of benzene rings is 1. The Balaban J connectivity index is 1.83. The molecule has 0 aliphatic heterocycles. The minimum Gasteiger partial charge on any atom is -0.504 e. The van der Waals surface area contributed by atoms with E-state index in [-0.39, 0.29) is 5.75 Å². The van der Waals surface area contributed by atoms with Crippen LogP contribution in [0.2, 0.25) is 0 Å². The van der Waals surface area contributed by atoms with Gasteiger partial charge >= 0.3 is 0 Å². The Hall–Kier alpha value is -3.61. The van der Waals surface area contributed by atoms with Crippen LogP contribution in [-0.2, 0) is 0 Å². The van der Waals surface area contributed by atoms with Gasteiger partial charge in [-0.3, -0.25) is 4.40 Å². The fourth-order valence-corrected chi connectivity index (χ4v) is 2.47. The first-order valence-electron chi connectivity index (χ1n) is 7.56. The minimum atomic E-state index is 0.0567. The molecule has 0 fully saturated rings. The summed E-state index contributed by atoms with van der Waals surface area (Å²) in [6.45, 7) is 0. The van der Waals surface area contributed by atoms with E-state index in [1.54, 1.807) is 60.4 Å². The highest BCUT2D eigenvalue weighted by Gasteiger charge is 2.18. The van der Waals surface area contributed by atoms with Gasteiger partial charge in [0.15, 0.2) is 28.7 Å². The predicted octanol–water partition coefficient (Wildman–Crippen LogP) is 4.72. The van der Waals surface area contributed by atoms with Gasteiger partial charge in [-0.25, -0.2) is 4.98 Å². The zero-order valence-corrected chi connectivity index (χ0v) is 13.3. The first kappa shape index (κ1) is 14.9. The summed E-state index contributed by atoms with van der Waals surface area (Å²) >= 11 is 0. The molecule has 0 aliphatic carbocycles. The Morgan fingerprint density at radius 2 is 1.92 bits per heavy atom. The average Bonchev–Trinajstić information content (AvgIpc) is 3.29. The van der Waals surface area contributed by atoms with Gasteiger partial charge in [-0.15, -0.1) is 10.2 Å². The van der Waals surface area contributed by atoms with Crippen LogP contribution in [0.3, 0.4) is 0 Å². The molecular weight excluding hydrogens is 320 g/mol. The van der Waals surface area contributed by atoms with Crippen molar-refractivity contribution in [2.45, 2.75) is 0 Å². The number of hydrogen-bond acceptors (Lipinski definition) is 6. The van der Waals surface area contributed by atoms with E-state index in [4.69, 9.17) is 9.15 Å². The third-order valence-electron chi connectivity index (χ3n) is 3.69. The van der Waals surface area contributed by atoms with Crippen LogP contribution in [0.15, 0.2) is 75.6 Å². The van der Waals surface area contributed by atoms with E-state index in [1.807, 2.05) is 12.1 Å². The second-order valence-electron chi connectivity index (χ2n) is 5.25. The van der Waals surface area contributed by atoms with Crippen LogP contribution in [0, 0.1) is 0 Å². The van der Waals surface area contributed by atoms with Gasteiger partial charge in [0.2, 0.25) is 0 Å². The summed E-state index contributed by atoms with van der Waals surface area (Å²) in [6.07, 6.45) is 3.32. The summed E-state index contributed by atoms with van der Waals surface area (Å²) in [5.41, 5.74) is 1.56. The number of aromatic hydroxyl groups is 1. The van der Waals surface area contributed by atoms with Crippen molar-refractivity contribution in [3.63, 3.8) is 0 Å². The Labute approximate surface area is 142 Å². The lowest BCUT2D eigenvalue weighted by atomic mass is 10.3. The molecule has 124 valence electrons. The summed E-state index contributed by atoms with van der Waals surface area (Å²) in [7, 11) is 1.61. The Kier molecular flexibility index (Phi) is 3.66. The van der Waals surface area contributed by atoms with Gasteiger partial charge in [0.25, 0.3) is 0 Å². The minimum absolute atomic E-state index is 0.0567. The number of imidazole rings is 1. The van der Waals surface area contributed by atoms with Gasteiger partial charge in [0.05, 0.1) is 19.1 Å². The molecule has 3 heterocycles. The number of furan rings is 1. The lowest BCUT2D eigenvalue weighted by Crippen LogP contribution is -1.82. The van der Waals surface area contributed by atoms with Crippen LogP contribution < -0.4 is 4.74 Å². The molecule has 1 N–H and O–H groups in total. The summed E-state index contributed by atoms with van der Waals surface area (Å²) in [4.78, 5) is 4.44. The molecule has 0 atom stereocenters. The van der Waals surface area contributed by atoms with Gasteiger partial charge < -0.3 is 14.3 Å². The maximum atomic E-state index is 10.0. The molecule has 0 bridgehead atoms. The van der Waals surface area contributed by atoms with Crippen molar-refractivity contribution >= 4 is 17.2 Å². The number of fused-ring (bicyclic) bond motifs is 1. The van der Waals surface area contributed by atoms with Crippen LogP contribution in [0.5, 0.6) is 11.5 Å². The van der Waals surface area contributed by atoms with Crippen LogP contribution in [-0.4, -0.2) is 21.6 Å². The van der Waals surface area contributed by atoms with E-state index in [0.717, 1.165) is 5.75 Å². The Bertz CT molecular complexity index is 1030. The highest BCUT2D eigenvalue weighted by Crippen LogP contribution is 2.34. The number of hydrogen-bond donors (Lipinski definition) is 1. The Morgan fingerprint density at radius 1 is 1.08 bits per heavy atom. The third-order valence-corrected chi connectivity index (χ3v) is 3.69. The van der Waals surface area contributed by atoms with Gasteiger partial charge in [0, 0.05) is 6.20 Å². The second kappa shape index (κ2) is 6.12. The molecule has 4 rings (SSSR count). The molecule has 0 saturated heterocycles. The van der Waals surface area contributed by atoms with Gasteiger partial charge in [-0.05, 0) is 48.5 Å². The molecule has 25 heavy (non-hydrogen) atoms. The second-order valence-corrected chi connectivity index (χ2v) is 5.25. The fourth-order valence-electron chi connectivity index (χ4n) is 2.47. The van der Waals surface area contributed by atoms with E-state index in [0.29, 0.717) is 28.6 Å². The van der Waals surface area contributed by atoms with E-state index in [9.17, 15) is 5.11 Å². The standard InChI is InChI=1S/C18H14N4O3/c1-24-13-8-6-12(7-9-13)20-21-18-16(15-5-3-11-25-15)19-17-14(23)4-2-10-22(17)18/h2-11,23H,1H3. The quantitative estimate of drug-likeness (QED) is 0.547. The largest absolute Gasteiger partial charge is 0.504 e. The molecule has 7 heteroatoms. The molecule has 1 aromatic carbocycles. The van der Waals surface area contributed by atoms with Crippen molar-refractivity contribution in [2.75, 3.05) is 7.11 Å². The van der Waals surface area contributed by atoms with Crippen molar-refractivity contribution < 1.29 is 14.3 Å². The number of methoxy groups -OCH3 is 1. The first-order valence-corrected chi connectivity index (χ1v) is 7.56. The van der Waals surface area contributed by atoms with E-state index < -0.39 is 0 Å². The molecule has 0 radical (unpaired) electrons. The number of ether oxygens (including phenoxy) is 1. The van der Waals surface area contributed by atoms with Crippen molar-refractivity contribution in [2.24, 2.45) is 10.2 Å². The zero-order chi connectivity index (χ0) is 17.2. The molecule has 3 aromatic heterocycles. The number of aromatic nitrogens is 2. The molecule has 0 unspecified atom stereocenters. The van der Waals surface area contributed by atoms with Crippen LogP contribution in [0.1, 0.15) is 0 Å². The number of nitrogens with zero attached hydrogens (tertiary/aromatic N) is 4. The highest BCUT2D eigenvalue weighted by atomic mass is 16.5. The monoisotopic (exact) mass is 334 g/mol. The summed E-state index contributed by atoms with van der Waals surface area (Å²) in [6, 6.07) is 14.0. The maximum absolute atomic E-state index is 10.0. The lowest BCUT2D eigenvalue weighted by Gasteiger charge is -1.99. The van der Waals surface area contributed by atoms with Gasteiger partial charge in [0.1, 0.15) is 5.75 Å². The van der Waals surface area contributed by atoms with E-state index in [1.165, 1.54) is 0 Å². The molecule has 7 nitrogen and oxygen atoms in total. The van der Waals surface area contributed by atoms with Crippen LogP contribution >= 0.6 is 0 Å². The molecule has 0 amide bonds. The number of pyridine rings is 1. The van der Waals surface area contributed by atoms with Gasteiger partial charge in [-0.1, -0.05) is 0 Å². The highest BCUT2D eigenvalue weighted by molar-refractivity contribution is 5.73. The predicted molar refractivity (Wildman–Crippen MR) is 91.7 cm³/mol. The van der Waals surface area contributed by atoms with Crippen molar-refractivity contribution in [3.05, 3.63) is 61.0 Å². The number of azo groups is 1. The van der Waals surface area contributed by atoms with Crippen molar-refractivity contribution in [1.29, 1.82) is 0 Å². The lowest BCUT2D eigenvalue weighted by molar-refractivity contribution is 0.415. The molecule has 0 aliphatic rings. The van der Waals surface area contributed by atoms with E-state index >= 15 is 0 Å². The summed E-state index contributed by atoms with van der Waals surface area (Å²) in [5, 5.41) is 18.6.